The third kappa shape index (κ3) is 4.54. The topological polar surface area (TPSA) is 68.7 Å². The van der Waals surface area contributed by atoms with Crippen LogP contribution in [-0.4, -0.2) is 42.7 Å². The number of rotatable bonds is 7. The molecular weight excluding hydrogens is 399 g/mol. The van der Waals surface area contributed by atoms with Crippen LogP contribution in [0.1, 0.15) is 16.8 Å². The first-order valence-electron chi connectivity index (χ1n) is 9.99. The predicted molar refractivity (Wildman–Crippen MR) is 116 cm³/mol. The van der Waals surface area contributed by atoms with E-state index in [4.69, 9.17) is 14.2 Å². The molecule has 2 aromatic carbocycles. The lowest BCUT2D eigenvalue weighted by atomic mass is 10.1. The molecule has 0 fully saturated rings. The maximum absolute atomic E-state index is 13.1. The molecule has 1 N–H and O–H groups in total. The van der Waals surface area contributed by atoms with E-state index >= 15 is 0 Å². The van der Waals surface area contributed by atoms with Crippen LogP contribution in [0.4, 0.5) is 16.0 Å². The van der Waals surface area contributed by atoms with E-state index < -0.39 is 0 Å². The van der Waals surface area contributed by atoms with Crippen molar-refractivity contribution >= 4 is 11.6 Å². The van der Waals surface area contributed by atoms with Crippen molar-refractivity contribution in [2.24, 2.45) is 0 Å². The number of ether oxygens (including phenoxy) is 3. The number of aromatic nitrogens is 2. The highest BCUT2D eigenvalue weighted by atomic mass is 19.1. The summed E-state index contributed by atoms with van der Waals surface area (Å²) in [4.78, 5) is 11.4. The Kier molecular flexibility index (Phi) is 6.18. The molecule has 0 unspecified atom stereocenters. The lowest BCUT2D eigenvalue weighted by molar-refractivity contribution is 0.237. The minimum absolute atomic E-state index is 0.275. The molecule has 0 atom stereocenters. The number of methoxy groups -OCH3 is 3. The van der Waals surface area contributed by atoms with Crippen molar-refractivity contribution in [3.63, 3.8) is 0 Å². The summed E-state index contributed by atoms with van der Waals surface area (Å²) in [7, 11) is 4.85. The average molecular weight is 424 g/mol. The summed E-state index contributed by atoms with van der Waals surface area (Å²) in [6, 6.07) is 10.0. The zero-order valence-electron chi connectivity index (χ0n) is 17.8. The molecule has 1 aliphatic rings. The van der Waals surface area contributed by atoms with Gasteiger partial charge in [0.2, 0.25) is 11.7 Å². The number of nitrogens with one attached hydrogen (secondary N) is 1. The number of halogens is 1. The maximum atomic E-state index is 13.1. The number of fused-ring (bicyclic) bond motifs is 1. The van der Waals surface area contributed by atoms with Gasteiger partial charge in [-0.15, -0.1) is 0 Å². The van der Waals surface area contributed by atoms with Crippen LogP contribution in [0.25, 0.3) is 0 Å². The molecule has 162 valence electrons. The Morgan fingerprint density at radius 2 is 1.77 bits per heavy atom. The van der Waals surface area contributed by atoms with Crippen LogP contribution in [0.2, 0.25) is 0 Å². The molecule has 0 spiro atoms. The SMILES string of the molecule is COc1ccc(CN2CCc3nc(Nc4ccc(F)cc4)ncc3C2)c(OC)c1OC. The zero-order chi connectivity index (χ0) is 21.8. The molecule has 1 aromatic heterocycles. The van der Waals surface area contributed by atoms with Gasteiger partial charge in [0.25, 0.3) is 0 Å². The highest BCUT2D eigenvalue weighted by molar-refractivity contribution is 5.56. The van der Waals surface area contributed by atoms with Gasteiger partial charge in [0.15, 0.2) is 11.5 Å². The number of hydrogen-bond acceptors (Lipinski definition) is 7. The van der Waals surface area contributed by atoms with Gasteiger partial charge in [0, 0.05) is 49.1 Å². The second-order valence-electron chi connectivity index (χ2n) is 7.25. The smallest absolute Gasteiger partial charge is 0.227 e. The summed E-state index contributed by atoms with van der Waals surface area (Å²) in [5.74, 6) is 2.16. The normalized spacial score (nSPS) is 13.4. The van der Waals surface area contributed by atoms with Crippen LogP contribution in [0.3, 0.4) is 0 Å². The molecule has 0 aliphatic carbocycles. The van der Waals surface area contributed by atoms with E-state index in [1.807, 2.05) is 18.3 Å². The first-order chi connectivity index (χ1) is 15.1. The molecule has 8 heteroatoms. The lowest BCUT2D eigenvalue weighted by Gasteiger charge is -2.29. The van der Waals surface area contributed by atoms with Crippen LogP contribution in [0, 0.1) is 5.82 Å². The Bertz CT molecular complexity index is 1060. The Morgan fingerprint density at radius 3 is 2.48 bits per heavy atom. The van der Waals surface area contributed by atoms with Gasteiger partial charge >= 0.3 is 0 Å². The van der Waals surface area contributed by atoms with Crippen molar-refractivity contribution in [3.8, 4) is 17.2 Å². The summed E-state index contributed by atoms with van der Waals surface area (Å²) in [5, 5.41) is 3.13. The minimum Gasteiger partial charge on any atom is -0.493 e. The lowest BCUT2D eigenvalue weighted by Crippen LogP contribution is -2.31. The highest BCUT2D eigenvalue weighted by Crippen LogP contribution is 2.40. The van der Waals surface area contributed by atoms with E-state index in [0.717, 1.165) is 42.0 Å². The van der Waals surface area contributed by atoms with Crippen LogP contribution in [0.5, 0.6) is 17.2 Å². The fraction of sp³-hybridized carbons (Fsp3) is 0.304. The Balaban J connectivity index is 1.48. The molecule has 7 nitrogen and oxygen atoms in total. The van der Waals surface area contributed by atoms with Crippen LogP contribution in [-0.2, 0) is 19.5 Å². The molecule has 0 bridgehead atoms. The Morgan fingerprint density at radius 1 is 1.00 bits per heavy atom. The van der Waals surface area contributed by atoms with Crippen molar-refractivity contribution in [2.75, 3.05) is 33.2 Å². The third-order valence-corrected chi connectivity index (χ3v) is 5.29. The fourth-order valence-corrected chi connectivity index (χ4v) is 3.76. The maximum Gasteiger partial charge on any atom is 0.227 e. The van der Waals surface area contributed by atoms with Gasteiger partial charge in [-0.05, 0) is 30.3 Å². The Hall–Kier alpha value is -3.39. The second-order valence-corrected chi connectivity index (χ2v) is 7.25. The monoisotopic (exact) mass is 424 g/mol. The van der Waals surface area contributed by atoms with E-state index in [2.05, 4.69) is 20.2 Å². The average Bonchev–Trinajstić information content (AvgIpc) is 2.80. The van der Waals surface area contributed by atoms with Crippen molar-refractivity contribution in [3.05, 3.63) is 65.2 Å². The van der Waals surface area contributed by atoms with E-state index in [9.17, 15) is 4.39 Å². The second kappa shape index (κ2) is 9.18. The molecule has 1 aliphatic heterocycles. The summed E-state index contributed by atoms with van der Waals surface area (Å²) < 4.78 is 29.6. The molecule has 0 radical (unpaired) electrons. The van der Waals surface area contributed by atoms with Gasteiger partial charge in [-0.25, -0.2) is 14.4 Å². The quantitative estimate of drug-likeness (QED) is 0.616. The van der Waals surface area contributed by atoms with E-state index in [0.29, 0.717) is 29.7 Å². The Labute approximate surface area is 180 Å². The zero-order valence-corrected chi connectivity index (χ0v) is 17.8. The van der Waals surface area contributed by atoms with E-state index in [1.165, 1.54) is 12.1 Å². The predicted octanol–water partition coefficient (Wildman–Crippen LogP) is 3.94. The number of hydrogen-bond donors (Lipinski definition) is 1. The standard InChI is InChI=1S/C23H25FN4O3/c1-29-20-9-4-15(21(30-2)22(20)31-3)13-28-11-10-19-16(14-28)12-25-23(27-19)26-18-7-5-17(24)6-8-18/h4-9,12H,10-11,13-14H2,1-3H3,(H,25,26,27). The van der Waals surface area contributed by atoms with Crippen LogP contribution in [0.15, 0.2) is 42.6 Å². The molecule has 0 saturated carbocycles. The number of anilines is 2. The van der Waals surface area contributed by atoms with Crippen molar-refractivity contribution < 1.29 is 18.6 Å². The molecule has 0 saturated heterocycles. The molecule has 2 heterocycles. The largest absolute Gasteiger partial charge is 0.493 e. The van der Waals surface area contributed by atoms with Crippen molar-refractivity contribution in [1.82, 2.24) is 14.9 Å². The van der Waals surface area contributed by atoms with E-state index in [-0.39, 0.29) is 5.82 Å². The third-order valence-electron chi connectivity index (χ3n) is 5.29. The van der Waals surface area contributed by atoms with Gasteiger partial charge < -0.3 is 19.5 Å². The molecule has 0 amide bonds. The minimum atomic E-state index is -0.275. The summed E-state index contributed by atoms with van der Waals surface area (Å²) >= 11 is 0. The van der Waals surface area contributed by atoms with Gasteiger partial charge in [0.05, 0.1) is 27.0 Å². The highest BCUT2D eigenvalue weighted by Gasteiger charge is 2.22. The summed E-state index contributed by atoms with van der Waals surface area (Å²) in [5.41, 5.74) is 3.89. The first-order valence-corrected chi connectivity index (χ1v) is 9.99. The van der Waals surface area contributed by atoms with Gasteiger partial charge in [0.1, 0.15) is 5.82 Å². The number of benzene rings is 2. The fourth-order valence-electron chi connectivity index (χ4n) is 3.76. The van der Waals surface area contributed by atoms with Crippen molar-refractivity contribution in [2.45, 2.75) is 19.5 Å². The van der Waals surface area contributed by atoms with Gasteiger partial charge in [-0.3, -0.25) is 4.90 Å². The molecular formula is C23H25FN4O3. The molecule has 3 aromatic rings. The summed E-state index contributed by atoms with van der Waals surface area (Å²) in [6.07, 6.45) is 2.66. The van der Waals surface area contributed by atoms with E-state index in [1.54, 1.807) is 33.5 Å². The van der Waals surface area contributed by atoms with Crippen LogP contribution >= 0.6 is 0 Å². The van der Waals surface area contributed by atoms with Gasteiger partial charge in [-0.1, -0.05) is 6.07 Å². The number of nitrogens with zero attached hydrogens (tertiary/aromatic N) is 3. The first kappa shape index (κ1) is 20.9. The molecule has 4 rings (SSSR count). The van der Waals surface area contributed by atoms with Crippen molar-refractivity contribution in [1.29, 1.82) is 0 Å². The summed E-state index contributed by atoms with van der Waals surface area (Å²) in [6.45, 7) is 2.31. The van der Waals surface area contributed by atoms with Gasteiger partial charge in [-0.2, -0.15) is 0 Å². The molecule has 31 heavy (non-hydrogen) atoms. The van der Waals surface area contributed by atoms with Crippen LogP contribution < -0.4 is 19.5 Å².